The molecule has 0 nitrogen and oxygen atoms in total. The number of rotatable bonds is 2. The summed E-state index contributed by atoms with van der Waals surface area (Å²) in [4.78, 5) is 0. The Bertz CT molecular complexity index is 317. The van der Waals surface area contributed by atoms with Gasteiger partial charge in [-0.25, -0.2) is 0 Å². The van der Waals surface area contributed by atoms with E-state index >= 15 is 0 Å². The molecule has 1 rings (SSSR count). The van der Waals surface area contributed by atoms with Crippen LogP contribution in [0.25, 0.3) is 0 Å². The fourth-order valence-electron chi connectivity index (χ4n) is 1.23. The Labute approximate surface area is 84.9 Å². The summed E-state index contributed by atoms with van der Waals surface area (Å²) in [6.07, 6.45) is 2.29. The molecule has 0 atom stereocenters. The van der Waals surface area contributed by atoms with Crippen LogP contribution in [0.2, 0.25) is 0 Å². The molecule has 68 valence electrons. The first-order chi connectivity index (χ1) is 6.36. The summed E-state index contributed by atoms with van der Waals surface area (Å²) < 4.78 is 0. The second-order valence-corrected chi connectivity index (χ2v) is 3.15. The molecule has 0 aliphatic heterocycles. The van der Waals surface area contributed by atoms with E-state index in [1.54, 1.807) is 0 Å². The lowest BCUT2D eigenvalue weighted by Gasteiger charge is -1.97. The minimum absolute atomic E-state index is 0.401. The molecule has 0 radical (unpaired) electrons. The van der Waals surface area contributed by atoms with Crippen LogP contribution < -0.4 is 0 Å². The van der Waals surface area contributed by atoms with Crippen LogP contribution in [0.1, 0.15) is 24.5 Å². The van der Waals surface area contributed by atoms with Crippen LogP contribution in [0, 0.1) is 11.8 Å². The van der Waals surface area contributed by atoms with Gasteiger partial charge in [-0.1, -0.05) is 37.3 Å². The van der Waals surface area contributed by atoms with Crippen molar-refractivity contribution in [3.8, 4) is 11.8 Å². The number of halogens is 1. The summed E-state index contributed by atoms with van der Waals surface area (Å²) in [5, 5.41) is 0. The number of aryl methyl sites for hydroxylation is 1. The molecule has 0 spiro atoms. The van der Waals surface area contributed by atoms with Crippen LogP contribution in [0.4, 0.5) is 0 Å². The lowest BCUT2D eigenvalue weighted by atomic mass is 10.1. The van der Waals surface area contributed by atoms with Crippen LogP contribution in [-0.4, -0.2) is 5.88 Å². The van der Waals surface area contributed by atoms with Crippen molar-refractivity contribution in [1.29, 1.82) is 0 Å². The number of alkyl halides is 1. The van der Waals surface area contributed by atoms with Crippen LogP contribution in [0.3, 0.4) is 0 Å². The molecule has 0 saturated carbocycles. The van der Waals surface area contributed by atoms with Crippen molar-refractivity contribution >= 4 is 11.6 Å². The topological polar surface area (TPSA) is 0 Å². The molecule has 0 aromatic heterocycles. The molecule has 0 heterocycles. The van der Waals surface area contributed by atoms with Crippen molar-refractivity contribution in [2.45, 2.75) is 19.8 Å². The van der Waals surface area contributed by atoms with Gasteiger partial charge in [0, 0.05) is 5.56 Å². The average Bonchev–Trinajstić information content (AvgIpc) is 2.16. The molecule has 0 bridgehead atoms. The lowest BCUT2D eigenvalue weighted by Crippen LogP contribution is -1.83. The molecule has 1 aromatic rings. The Morgan fingerprint density at radius 1 is 1.38 bits per heavy atom. The van der Waals surface area contributed by atoms with Gasteiger partial charge in [-0.2, -0.15) is 0 Å². The second kappa shape index (κ2) is 5.67. The van der Waals surface area contributed by atoms with Crippen LogP contribution in [0.15, 0.2) is 24.3 Å². The number of hydrogen-bond acceptors (Lipinski definition) is 0. The zero-order chi connectivity index (χ0) is 9.52. The van der Waals surface area contributed by atoms with Crippen molar-refractivity contribution < 1.29 is 0 Å². The van der Waals surface area contributed by atoms with Gasteiger partial charge in [0.05, 0.1) is 5.88 Å². The van der Waals surface area contributed by atoms with E-state index < -0.39 is 0 Å². The van der Waals surface area contributed by atoms with Gasteiger partial charge in [0.15, 0.2) is 0 Å². The van der Waals surface area contributed by atoms with Gasteiger partial charge in [0.2, 0.25) is 0 Å². The highest BCUT2D eigenvalue weighted by atomic mass is 35.5. The largest absolute Gasteiger partial charge is 0.113 e. The molecule has 1 aromatic carbocycles. The highest BCUT2D eigenvalue weighted by Crippen LogP contribution is 2.06. The molecule has 1 heteroatoms. The maximum Gasteiger partial charge on any atom is 0.0839 e. The quantitative estimate of drug-likeness (QED) is 0.499. The number of hydrogen-bond donors (Lipinski definition) is 0. The first kappa shape index (κ1) is 10.2. The van der Waals surface area contributed by atoms with Gasteiger partial charge in [0.25, 0.3) is 0 Å². The van der Waals surface area contributed by atoms with Crippen LogP contribution in [0.5, 0.6) is 0 Å². The van der Waals surface area contributed by atoms with Crippen molar-refractivity contribution in [1.82, 2.24) is 0 Å². The zero-order valence-corrected chi connectivity index (χ0v) is 8.56. The third-order valence-electron chi connectivity index (χ3n) is 1.77. The molecule has 0 fully saturated rings. The molecule has 0 saturated heterocycles. The van der Waals surface area contributed by atoms with E-state index in [1.165, 1.54) is 12.0 Å². The van der Waals surface area contributed by atoms with Crippen molar-refractivity contribution in [2.75, 3.05) is 5.88 Å². The van der Waals surface area contributed by atoms with Crippen molar-refractivity contribution in [3.63, 3.8) is 0 Å². The Kier molecular flexibility index (Phi) is 4.43. The smallest absolute Gasteiger partial charge is 0.0839 e. The highest BCUT2D eigenvalue weighted by Gasteiger charge is 1.91. The van der Waals surface area contributed by atoms with Crippen molar-refractivity contribution in [3.05, 3.63) is 35.4 Å². The standard InChI is InChI=1S/C12H13Cl/c1-2-5-11-6-3-7-12(10-11)8-4-9-13/h3,6-7,10H,2,5,9H2,1H3. The van der Waals surface area contributed by atoms with E-state index in [4.69, 9.17) is 11.6 Å². The maximum atomic E-state index is 5.48. The van der Waals surface area contributed by atoms with E-state index in [9.17, 15) is 0 Å². The van der Waals surface area contributed by atoms with Gasteiger partial charge in [-0.15, -0.1) is 11.6 Å². The monoisotopic (exact) mass is 192 g/mol. The minimum Gasteiger partial charge on any atom is -0.113 e. The average molecular weight is 193 g/mol. The van der Waals surface area contributed by atoms with Gasteiger partial charge < -0.3 is 0 Å². The molecule has 0 N–H and O–H groups in total. The first-order valence-electron chi connectivity index (χ1n) is 4.50. The normalized spacial score (nSPS) is 9.08. The van der Waals surface area contributed by atoms with Gasteiger partial charge >= 0.3 is 0 Å². The van der Waals surface area contributed by atoms with Gasteiger partial charge in [-0.3, -0.25) is 0 Å². The molecule has 0 unspecified atom stereocenters. The van der Waals surface area contributed by atoms with E-state index in [0.29, 0.717) is 5.88 Å². The third-order valence-corrected chi connectivity index (χ3v) is 1.90. The van der Waals surface area contributed by atoms with Crippen molar-refractivity contribution in [2.24, 2.45) is 0 Å². The predicted octanol–water partition coefficient (Wildman–Crippen LogP) is 3.23. The molecule has 0 aliphatic carbocycles. The van der Waals surface area contributed by atoms with E-state index in [2.05, 4.69) is 30.9 Å². The Morgan fingerprint density at radius 2 is 2.23 bits per heavy atom. The van der Waals surface area contributed by atoms with E-state index in [0.717, 1.165) is 12.0 Å². The fraction of sp³-hybridized carbons (Fsp3) is 0.333. The molecular formula is C12H13Cl. The van der Waals surface area contributed by atoms with Gasteiger partial charge in [-0.05, 0) is 24.1 Å². The summed E-state index contributed by atoms with van der Waals surface area (Å²) in [6.45, 7) is 2.18. The molecular weight excluding hydrogens is 180 g/mol. The van der Waals surface area contributed by atoms with E-state index in [1.807, 2.05) is 12.1 Å². The van der Waals surface area contributed by atoms with Crippen LogP contribution in [-0.2, 0) is 6.42 Å². The molecule has 0 aliphatic rings. The summed E-state index contributed by atoms with van der Waals surface area (Å²) in [7, 11) is 0. The molecule has 0 amide bonds. The summed E-state index contributed by atoms with van der Waals surface area (Å²) in [6, 6.07) is 8.32. The fourth-order valence-corrected chi connectivity index (χ4v) is 1.30. The highest BCUT2D eigenvalue weighted by molar-refractivity contribution is 6.19. The Hall–Kier alpha value is -0.930. The predicted molar refractivity (Wildman–Crippen MR) is 58.0 cm³/mol. The summed E-state index contributed by atoms with van der Waals surface area (Å²) >= 11 is 5.48. The minimum atomic E-state index is 0.401. The third kappa shape index (κ3) is 3.53. The first-order valence-corrected chi connectivity index (χ1v) is 5.04. The zero-order valence-electron chi connectivity index (χ0n) is 7.81. The Balaban J connectivity index is 2.79. The molecule has 13 heavy (non-hydrogen) atoms. The Morgan fingerprint density at radius 3 is 2.92 bits per heavy atom. The SMILES string of the molecule is CCCc1cccc(C#CCCl)c1. The number of benzene rings is 1. The van der Waals surface area contributed by atoms with Crippen LogP contribution >= 0.6 is 11.6 Å². The lowest BCUT2D eigenvalue weighted by molar-refractivity contribution is 0.921. The van der Waals surface area contributed by atoms with Gasteiger partial charge in [0.1, 0.15) is 0 Å². The summed E-state index contributed by atoms with van der Waals surface area (Å²) in [5.41, 5.74) is 2.41. The summed E-state index contributed by atoms with van der Waals surface area (Å²) in [5.74, 6) is 6.26. The van der Waals surface area contributed by atoms with E-state index in [-0.39, 0.29) is 0 Å². The second-order valence-electron chi connectivity index (χ2n) is 2.89. The maximum absolute atomic E-state index is 5.48.